The van der Waals surface area contributed by atoms with Crippen molar-refractivity contribution in [3.8, 4) is 0 Å². The van der Waals surface area contributed by atoms with E-state index in [9.17, 15) is 14.0 Å². The Bertz CT molecular complexity index is 821. The summed E-state index contributed by atoms with van der Waals surface area (Å²) in [5.74, 6) is -1.65. The highest BCUT2D eigenvalue weighted by Gasteiger charge is 2.37. The molecule has 0 aliphatic carbocycles. The Kier molecular flexibility index (Phi) is 4.62. The first kappa shape index (κ1) is 16.2. The van der Waals surface area contributed by atoms with E-state index in [1.807, 2.05) is 30.3 Å². The van der Waals surface area contributed by atoms with Gasteiger partial charge in [-0.25, -0.2) is 4.39 Å². The maximum Gasteiger partial charge on any atom is 0.278 e. The third-order valence-electron chi connectivity index (χ3n) is 3.71. The molecule has 0 bridgehead atoms. The standard InChI is InChI=1S/C18H14ClFN2O2/c19-15-16(21-14-9-5-4-8-13(14)20)18(24)22(17(15)23)11-10-12-6-2-1-3-7-12/h1-9,21H,10-11H2. The van der Waals surface area contributed by atoms with E-state index in [4.69, 9.17) is 11.6 Å². The van der Waals surface area contributed by atoms with Gasteiger partial charge in [-0.3, -0.25) is 14.5 Å². The molecule has 6 heteroatoms. The molecule has 0 unspecified atom stereocenters. The van der Waals surface area contributed by atoms with E-state index in [2.05, 4.69) is 5.32 Å². The van der Waals surface area contributed by atoms with Crippen LogP contribution in [-0.2, 0) is 16.0 Å². The normalized spacial score (nSPS) is 14.5. The molecule has 2 amide bonds. The van der Waals surface area contributed by atoms with Gasteiger partial charge in [0.1, 0.15) is 16.5 Å². The molecular weight excluding hydrogens is 331 g/mol. The zero-order valence-electron chi connectivity index (χ0n) is 12.6. The number of hydrogen-bond acceptors (Lipinski definition) is 3. The molecule has 0 saturated carbocycles. The number of rotatable bonds is 5. The zero-order valence-corrected chi connectivity index (χ0v) is 13.4. The number of nitrogens with one attached hydrogen (secondary N) is 1. The van der Waals surface area contributed by atoms with Crippen LogP contribution < -0.4 is 5.32 Å². The number of carbonyl (C=O) groups excluding carboxylic acids is 2. The summed E-state index contributed by atoms with van der Waals surface area (Å²) in [5, 5.41) is 2.40. The summed E-state index contributed by atoms with van der Waals surface area (Å²) in [6.07, 6.45) is 0.523. The van der Waals surface area contributed by atoms with Gasteiger partial charge in [0.05, 0.1) is 5.69 Å². The van der Waals surface area contributed by atoms with Crippen LogP contribution in [0.2, 0.25) is 0 Å². The Balaban J connectivity index is 1.74. The van der Waals surface area contributed by atoms with Crippen molar-refractivity contribution < 1.29 is 14.0 Å². The van der Waals surface area contributed by atoms with Crippen LogP contribution in [0.4, 0.5) is 10.1 Å². The zero-order chi connectivity index (χ0) is 17.1. The Hall–Kier alpha value is -2.66. The molecule has 2 aromatic rings. The Labute approximate surface area is 143 Å². The summed E-state index contributed by atoms with van der Waals surface area (Å²) in [4.78, 5) is 25.7. The molecule has 122 valence electrons. The second-order valence-electron chi connectivity index (χ2n) is 5.29. The molecule has 1 heterocycles. The van der Waals surface area contributed by atoms with Gasteiger partial charge in [0, 0.05) is 6.54 Å². The van der Waals surface area contributed by atoms with Crippen molar-refractivity contribution in [3.63, 3.8) is 0 Å². The van der Waals surface area contributed by atoms with Gasteiger partial charge < -0.3 is 5.32 Å². The molecular formula is C18H14ClFN2O2. The minimum atomic E-state index is -0.573. The molecule has 0 atom stereocenters. The first-order valence-corrected chi connectivity index (χ1v) is 7.77. The first-order chi connectivity index (χ1) is 11.6. The highest BCUT2D eigenvalue weighted by atomic mass is 35.5. The second-order valence-corrected chi connectivity index (χ2v) is 5.67. The number of hydrogen-bond donors (Lipinski definition) is 1. The van der Waals surface area contributed by atoms with Crippen LogP contribution >= 0.6 is 11.6 Å². The Morgan fingerprint density at radius 1 is 0.958 bits per heavy atom. The third-order valence-corrected chi connectivity index (χ3v) is 4.06. The van der Waals surface area contributed by atoms with Crippen molar-refractivity contribution in [2.24, 2.45) is 0 Å². The molecule has 1 N–H and O–H groups in total. The molecule has 4 nitrogen and oxygen atoms in total. The van der Waals surface area contributed by atoms with E-state index >= 15 is 0 Å². The smallest absolute Gasteiger partial charge is 0.278 e. The molecule has 0 radical (unpaired) electrons. The third kappa shape index (κ3) is 3.16. The number of imide groups is 1. The van der Waals surface area contributed by atoms with Crippen molar-refractivity contribution in [1.29, 1.82) is 0 Å². The topological polar surface area (TPSA) is 49.4 Å². The van der Waals surface area contributed by atoms with E-state index in [0.29, 0.717) is 6.42 Å². The van der Waals surface area contributed by atoms with Gasteiger partial charge in [0.2, 0.25) is 0 Å². The van der Waals surface area contributed by atoms with Crippen LogP contribution in [0.1, 0.15) is 5.56 Å². The lowest BCUT2D eigenvalue weighted by atomic mass is 10.1. The Morgan fingerprint density at radius 3 is 2.33 bits per heavy atom. The average Bonchev–Trinajstić information content (AvgIpc) is 2.79. The number of halogens is 2. The number of benzene rings is 2. The van der Waals surface area contributed by atoms with Gasteiger partial charge in [-0.2, -0.15) is 0 Å². The highest BCUT2D eigenvalue weighted by molar-refractivity contribution is 6.48. The average molecular weight is 345 g/mol. The molecule has 0 fully saturated rings. The van der Waals surface area contributed by atoms with Gasteiger partial charge in [-0.05, 0) is 24.1 Å². The molecule has 0 saturated heterocycles. The van der Waals surface area contributed by atoms with Crippen LogP contribution in [0.25, 0.3) is 0 Å². The molecule has 0 aromatic heterocycles. The lowest BCUT2D eigenvalue weighted by Gasteiger charge is -2.15. The van der Waals surface area contributed by atoms with E-state index in [1.54, 1.807) is 6.07 Å². The lowest BCUT2D eigenvalue weighted by Crippen LogP contribution is -2.34. The monoisotopic (exact) mass is 344 g/mol. The first-order valence-electron chi connectivity index (χ1n) is 7.39. The number of carbonyl (C=O) groups is 2. The minimum Gasteiger partial charge on any atom is -0.347 e. The van der Waals surface area contributed by atoms with Crippen molar-refractivity contribution in [1.82, 2.24) is 4.90 Å². The van der Waals surface area contributed by atoms with Crippen molar-refractivity contribution >= 4 is 29.1 Å². The fraction of sp³-hybridized carbons (Fsp3) is 0.111. The van der Waals surface area contributed by atoms with Crippen LogP contribution in [0, 0.1) is 5.82 Å². The predicted molar refractivity (Wildman–Crippen MR) is 89.8 cm³/mol. The van der Waals surface area contributed by atoms with Gasteiger partial charge in [-0.15, -0.1) is 0 Å². The molecule has 1 aliphatic rings. The molecule has 24 heavy (non-hydrogen) atoms. The number of nitrogens with zero attached hydrogens (tertiary/aromatic N) is 1. The number of anilines is 1. The maximum atomic E-state index is 13.7. The van der Waals surface area contributed by atoms with Gasteiger partial charge in [-0.1, -0.05) is 54.1 Å². The van der Waals surface area contributed by atoms with Crippen molar-refractivity contribution in [3.05, 3.63) is 76.7 Å². The largest absolute Gasteiger partial charge is 0.347 e. The van der Waals surface area contributed by atoms with Gasteiger partial charge >= 0.3 is 0 Å². The summed E-state index contributed by atoms with van der Waals surface area (Å²) >= 11 is 5.98. The molecule has 3 rings (SSSR count). The molecule has 2 aromatic carbocycles. The van der Waals surface area contributed by atoms with Crippen LogP contribution in [0.3, 0.4) is 0 Å². The maximum absolute atomic E-state index is 13.7. The molecule has 0 spiro atoms. The second kappa shape index (κ2) is 6.84. The van der Waals surface area contributed by atoms with Gasteiger partial charge in [0.25, 0.3) is 11.8 Å². The fourth-order valence-electron chi connectivity index (χ4n) is 2.44. The van der Waals surface area contributed by atoms with Crippen LogP contribution in [-0.4, -0.2) is 23.3 Å². The van der Waals surface area contributed by atoms with E-state index < -0.39 is 17.6 Å². The van der Waals surface area contributed by atoms with E-state index in [1.165, 1.54) is 18.2 Å². The number of para-hydroxylation sites is 1. The molecule has 1 aliphatic heterocycles. The predicted octanol–water partition coefficient (Wildman–Crippen LogP) is 3.30. The summed E-state index contributed by atoms with van der Waals surface area (Å²) in [6, 6.07) is 15.4. The number of amides is 2. The van der Waals surface area contributed by atoms with E-state index in [-0.39, 0.29) is 23.0 Å². The van der Waals surface area contributed by atoms with Crippen molar-refractivity contribution in [2.45, 2.75) is 6.42 Å². The highest BCUT2D eigenvalue weighted by Crippen LogP contribution is 2.26. The summed E-state index contributed by atoms with van der Waals surface area (Å²) in [5.41, 5.74) is 1.00. The SMILES string of the molecule is O=C1C(Cl)=C(Nc2ccccc2F)C(=O)N1CCc1ccccc1. The summed E-state index contributed by atoms with van der Waals surface area (Å²) in [6.45, 7) is 0.209. The lowest BCUT2D eigenvalue weighted by molar-refractivity contribution is -0.137. The Morgan fingerprint density at radius 2 is 1.62 bits per heavy atom. The quantitative estimate of drug-likeness (QED) is 0.847. The van der Waals surface area contributed by atoms with Crippen molar-refractivity contribution in [2.75, 3.05) is 11.9 Å². The fourth-order valence-corrected chi connectivity index (χ4v) is 2.67. The minimum absolute atomic E-state index is 0.0942. The summed E-state index contributed by atoms with van der Waals surface area (Å²) < 4.78 is 13.7. The van der Waals surface area contributed by atoms with Crippen LogP contribution in [0.15, 0.2) is 65.3 Å². The van der Waals surface area contributed by atoms with E-state index in [0.717, 1.165) is 10.5 Å². The van der Waals surface area contributed by atoms with Gasteiger partial charge in [0.15, 0.2) is 0 Å². The summed E-state index contributed by atoms with van der Waals surface area (Å²) in [7, 11) is 0. The van der Waals surface area contributed by atoms with Crippen LogP contribution in [0.5, 0.6) is 0 Å².